The Hall–Kier alpha value is -2.11. The number of nitrogens with zero attached hydrogens (tertiary/aromatic N) is 2. The average Bonchev–Trinajstić information content (AvgIpc) is 2.81. The van der Waals surface area contributed by atoms with Gasteiger partial charge in [0.25, 0.3) is 5.91 Å². The fourth-order valence-electron chi connectivity index (χ4n) is 2.02. The first-order valence-electron chi connectivity index (χ1n) is 6.69. The van der Waals surface area contributed by atoms with Crippen LogP contribution >= 0.6 is 0 Å². The maximum Gasteiger partial charge on any atom is 0.270 e. The Morgan fingerprint density at radius 1 is 1.45 bits per heavy atom. The van der Waals surface area contributed by atoms with Gasteiger partial charge in [0.05, 0.1) is 6.54 Å². The molecule has 1 N–H and O–H groups in total. The van der Waals surface area contributed by atoms with Crippen LogP contribution in [-0.4, -0.2) is 28.5 Å². The van der Waals surface area contributed by atoms with Gasteiger partial charge in [-0.3, -0.25) is 9.59 Å². The SMILES string of the molecule is Cc1ccc(CN(C(=O)C2=NNC(=O)CC2)C(C)C)o1. The van der Waals surface area contributed by atoms with Crippen molar-refractivity contribution in [2.75, 3.05) is 0 Å². The molecule has 1 aliphatic heterocycles. The van der Waals surface area contributed by atoms with Crippen LogP contribution in [0.2, 0.25) is 0 Å². The molecular formula is C14H19N3O3. The Bertz CT molecular complexity index is 546. The molecule has 0 radical (unpaired) electrons. The summed E-state index contributed by atoms with van der Waals surface area (Å²) in [5.41, 5.74) is 2.74. The number of carbonyl (C=O) groups excluding carboxylic acids is 2. The van der Waals surface area contributed by atoms with Crippen LogP contribution in [0.15, 0.2) is 21.7 Å². The van der Waals surface area contributed by atoms with Crippen molar-refractivity contribution in [3.63, 3.8) is 0 Å². The van der Waals surface area contributed by atoms with Crippen molar-refractivity contribution in [1.82, 2.24) is 10.3 Å². The van der Waals surface area contributed by atoms with E-state index in [0.717, 1.165) is 11.5 Å². The van der Waals surface area contributed by atoms with E-state index in [9.17, 15) is 9.59 Å². The fraction of sp³-hybridized carbons (Fsp3) is 0.500. The predicted molar refractivity (Wildman–Crippen MR) is 73.9 cm³/mol. The highest BCUT2D eigenvalue weighted by Gasteiger charge is 2.26. The van der Waals surface area contributed by atoms with Gasteiger partial charge in [-0.1, -0.05) is 0 Å². The van der Waals surface area contributed by atoms with E-state index in [4.69, 9.17) is 4.42 Å². The van der Waals surface area contributed by atoms with E-state index in [1.54, 1.807) is 4.90 Å². The second kappa shape index (κ2) is 5.90. The summed E-state index contributed by atoms with van der Waals surface area (Å²) < 4.78 is 5.52. The van der Waals surface area contributed by atoms with Gasteiger partial charge in [-0.05, 0) is 32.9 Å². The molecule has 0 unspecified atom stereocenters. The summed E-state index contributed by atoms with van der Waals surface area (Å²) in [6.45, 7) is 6.15. The minimum atomic E-state index is -0.158. The van der Waals surface area contributed by atoms with Gasteiger partial charge >= 0.3 is 0 Å². The number of rotatable bonds is 4. The van der Waals surface area contributed by atoms with Crippen LogP contribution in [0, 0.1) is 6.92 Å². The van der Waals surface area contributed by atoms with E-state index in [2.05, 4.69) is 10.5 Å². The maximum absolute atomic E-state index is 12.5. The minimum absolute atomic E-state index is 0.0215. The first kappa shape index (κ1) is 14.3. The Labute approximate surface area is 117 Å². The van der Waals surface area contributed by atoms with Crippen LogP contribution in [-0.2, 0) is 16.1 Å². The van der Waals surface area contributed by atoms with Crippen LogP contribution in [0.3, 0.4) is 0 Å². The molecule has 2 heterocycles. The zero-order chi connectivity index (χ0) is 14.7. The lowest BCUT2D eigenvalue weighted by Crippen LogP contribution is -2.43. The summed E-state index contributed by atoms with van der Waals surface area (Å²) in [7, 11) is 0. The molecule has 0 aromatic carbocycles. The van der Waals surface area contributed by atoms with Gasteiger partial charge in [0.1, 0.15) is 17.2 Å². The van der Waals surface area contributed by atoms with E-state index in [1.165, 1.54) is 0 Å². The quantitative estimate of drug-likeness (QED) is 0.908. The van der Waals surface area contributed by atoms with Gasteiger partial charge in [0, 0.05) is 18.9 Å². The lowest BCUT2D eigenvalue weighted by atomic mass is 10.1. The molecule has 0 saturated heterocycles. The van der Waals surface area contributed by atoms with Gasteiger partial charge in [0.2, 0.25) is 5.91 Å². The number of hydrogen-bond acceptors (Lipinski definition) is 4. The maximum atomic E-state index is 12.5. The molecule has 1 aromatic rings. The van der Waals surface area contributed by atoms with Crippen LogP contribution in [0.1, 0.15) is 38.2 Å². The molecule has 0 spiro atoms. The molecule has 6 heteroatoms. The topological polar surface area (TPSA) is 74.9 Å². The highest BCUT2D eigenvalue weighted by molar-refractivity contribution is 6.39. The van der Waals surface area contributed by atoms with E-state index < -0.39 is 0 Å². The third kappa shape index (κ3) is 3.26. The molecule has 6 nitrogen and oxygen atoms in total. The molecule has 2 amide bonds. The normalized spacial score (nSPS) is 15.0. The predicted octanol–water partition coefficient (Wildman–Crippen LogP) is 1.59. The van der Waals surface area contributed by atoms with Crippen molar-refractivity contribution in [3.8, 4) is 0 Å². The van der Waals surface area contributed by atoms with Crippen molar-refractivity contribution in [2.45, 2.75) is 46.2 Å². The van der Waals surface area contributed by atoms with Crippen molar-refractivity contribution in [3.05, 3.63) is 23.7 Å². The summed E-state index contributed by atoms with van der Waals surface area (Å²) in [5.74, 6) is 1.25. The largest absolute Gasteiger partial charge is 0.464 e. The standard InChI is InChI=1S/C14H19N3O3/c1-9(2)17(8-11-5-4-10(3)20-11)14(19)12-6-7-13(18)16-15-12/h4-5,9H,6-8H2,1-3H3,(H,16,18). The average molecular weight is 277 g/mol. The summed E-state index contributed by atoms with van der Waals surface area (Å²) in [6.07, 6.45) is 0.682. The molecule has 0 aliphatic carbocycles. The number of nitrogens with one attached hydrogen (secondary N) is 1. The second-order valence-electron chi connectivity index (χ2n) is 5.13. The van der Waals surface area contributed by atoms with E-state index in [1.807, 2.05) is 32.9 Å². The zero-order valence-electron chi connectivity index (χ0n) is 12.0. The summed E-state index contributed by atoms with van der Waals surface area (Å²) in [6, 6.07) is 3.76. The number of furan rings is 1. The highest BCUT2D eigenvalue weighted by Crippen LogP contribution is 2.14. The smallest absolute Gasteiger partial charge is 0.270 e. The molecule has 0 bridgehead atoms. The van der Waals surface area contributed by atoms with E-state index in [0.29, 0.717) is 25.1 Å². The Morgan fingerprint density at radius 2 is 2.20 bits per heavy atom. The fourth-order valence-corrected chi connectivity index (χ4v) is 2.02. The number of hydrazone groups is 1. The van der Waals surface area contributed by atoms with Gasteiger partial charge in [0.15, 0.2) is 0 Å². The lowest BCUT2D eigenvalue weighted by molar-refractivity contribution is -0.127. The molecular weight excluding hydrogens is 258 g/mol. The Kier molecular flexibility index (Phi) is 4.22. The number of hydrogen-bond donors (Lipinski definition) is 1. The number of amides is 2. The highest BCUT2D eigenvalue weighted by atomic mass is 16.3. The van der Waals surface area contributed by atoms with Crippen molar-refractivity contribution >= 4 is 17.5 Å². The molecule has 0 saturated carbocycles. The Morgan fingerprint density at radius 3 is 2.70 bits per heavy atom. The van der Waals surface area contributed by atoms with Crippen LogP contribution < -0.4 is 5.43 Å². The van der Waals surface area contributed by atoms with Crippen molar-refractivity contribution in [2.24, 2.45) is 5.10 Å². The van der Waals surface area contributed by atoms with E-state index >= 15 is 0 Å². The van der Waals surface area contributed by atoms with Gasteiger partial charge in [-0.2, -0.15) is 5.10 Å². The van der Waals surface area contributed by atoms with Crippen molar-refractivity contribution < 1.29 is 14.0 Å². The first-order chi connectivity index (χ1) is 9.47. The molecule has 0 fully saturated rings. The third-order valence-electron chi connectivity index (χ3n) is 3.16. The molecule has 20 heavy (non-hydrogen) atoms. The third-order valence-corrected chi connectivity index (χ3v) is 3.16. The first-order valence-corrected chi connectivity index (χ1v) is 6.69. The molecule has 1 aromatic heterocycles. The second-order valence-corrected chi connectivity index (χ2v) is 5.13. The van der Waals surface area contributed by atoms with Gasteiger partial charge < -0.3 is 9.32 Å². The van der Waals surface area contributed by atoms with Crippen molar-refractivity contribution in [1.29, 1.82) is 0 Å². The Balaban J connectivity index is 2.12. The lowest BCUT2D eigenvalue weighted by Gasteiger charge is -2.27. The van der Waals surface area contributed by atoms with Crippen LogP contribution in [0.4, 0.5) is 0 Å². The van der Waals surface area contributed by atoms with E-state index in [-0.39, 0.29) is 17.9 Å². The summed E-state index contributed by atoms with van der Waals surface area (Å²) >= 11 is 0. The van der Waals surface area contributed by atoms with Gasteiger partial charge in [-0.15, -0.1) is 0 Å². The zero-order valence-corrected chi connectivity index (χ0v) is 12.0. The van der Waals surface area contributed by atoms with Crippen LogP contribution in [0.25, 0.3) is 0 Å². The number of carbonyl (C=O) groups is 2. The van der Waals surface area contributed by atoms with Crippen LogP contribution in [0.5, 0.6) is 0 Å². The monoisotopic (exact) mass is 277 g/mol. The molecule has 1 aliphatic rings. The van der Waals surface area contributed by atoms with Gasteiger partial charge in [-0.25, -0.2) is 5.43 Å². The molecule has 0 atom stereocenters. The molecule has 2 rings (SSSR count). The molecule has 108 valence electrons. The summed E-state index contributed by atoms with van der Waals surface area (Å²) in [5, 5.41) is 3.86. The minimum Gasteiger partial charge on any atom is -0.464 e. The summed E-state index contributed by atoms with van der Waals surface area (Å²) in [4.78, 5) is 25.2. The number of aryl methyl sites for hydroxylation is 1.